The summed E-state index contributed by atoms with van der Waals surface area (Å²) in [6, 6.07) is 2.81. The average Bonchev–Trinajstić information content (AvgIpc) is 2.16. The predicted molar refractivity (Wildman–Crippen MR) is 49.1 cm³/mol. The Morgan fingerprint density at radius 2 is 2.38 bits per heavy atom. The van der Waals surface area contributed by atoms with Crippen molar-refractivity contribution in [2.75, 3.05) is 6.61 Å². The topological polar surface area (TPSA) is 22.1 Å². The number of halogens is 1. The van der Waals surface area contributed by atoms with Gasteiger partial charge in [-0.15, -0.1) is 0 Å². The molecule has 0 amide bonds. The number of aromatic nitrogens is 1. The summed E-state index contributed by atoms with van der Waals surface area (Å²) >= 11 is 0. The minimum Gasteiger partial charge on any atom is -0.488 e. The van der Waals surface area contributed by atoms with Gasteiger partial charge in [-0.3, -0.25) is 0 Å². The number of pyridine rings is 1. The molecule has 0 saturated carbocycles. The molecule has 0 N–H and O–H groups in total. The van der Waals surface area contributed by atoms with Gasteiger partial charge in [-0.1, -0.05) is 13.5 Å². The first-order valence-corrected chi connectivity index (χ1v) is 4.13. The van der Waals surface area contributed by atoms with Gasteiger partial charge < -0.3 is 4.74 Å². The van der Waals surface area contributed by atoms with Crippen molar-refractivity contribution in [3.8, 4) is 5.75 Å². The Balaban J connectivity index is 2.46. The fraction of sp³-hybridized carbons (Fsp3) is 0.300. The molecule has 1 aromatic heterocycles. The molecule has 70 valence electrons. The van der Waals surface area contributed by atoms with Gasteiger partial charge in [-0.05, 0) is 24.1 Å². The molecule has 0 radical (unpaired) electrons. The zero-order chi connectivity index (χ0) is 9.68. The molecule has 1 aromatic rings. The average molecular weight is 181 g/mol. The van der Waals surface area contributed by atoms with Crippen LogP contribution < -0.4 is 4.74 Å². The summed E-state index contributed by atoms with van der Waals surface area (Å²) in [4.78, 5) is 3.46. The van der Waals surface area contributed by atoms with Crippen molar-refractivity contribution < 1.29 is 9.13 Å². The van der Waals surface area contributed by atoms with E-state index in [0.717, 1.165) is 12.0 Å². The number of hydrogen-bond acceptors (Lipinski definition) is 2. The van der Waals surface area contributed by atoms with Crippen LogP contribution in [-0.2, 0) is 0 Å². The molecule has 0 atom stereocenters. The summed E-state index contributed by atoms with van der Waals surface area (Å²) in [6.45, 7) is 6.26. The van der Waals surface area contributed by atoms with Crippen molar-refractivity contribution in [2.24, 2.45) is 0 Å². The van der Waals surface area contributed by atoms with E-state index in [4.69, 9.17) is 4.74 Å². The van der Waals surface area contributed by atoms with Crippen LogP contribution in [0.15, 0.2) is 30.5 Å². The Morgan fingerprint density at radius 3 is 2.92 bits per heavy atom. The highest BCUT2D eigenvalue weighted by atomic mass is 19.1. The monoisotopic (exact) mass is 181 g/mol. The van der Waals surface area contributed by atoms with Gasteiger partial charge in [-0.2, -0.15) is 4.39 Å². The summed E-state index contributed by atoms with van der Waals surface area (Å²) in [6.07, 6.45) is 2.24. The van der Waals surface area contributed by atoms with Gasteiger partial charge in [0.25, 0.3) is 0 Å². The highest BCUT2D eigenvalue weighted by Gasteiger charge is 1.96. The molecule has 0 saturated heterocycles. The summed E-state index contributed by atoms with van der Waals surface area (Å²) in [5.74, 6) is 0.0673. The second-order valence-corrected chi connectivity index (χ2v) is 2.71. The lowest BCUT2D eigenvalue weighted by Gasteiger charge is -2.05. The zero-order valence-corrected chi connectivity index (χ0v) is 7.59. The van der Waals surface area contributed by atoms with Crippen molar-refractivity contribution in [3.63, 3.8) is 0 Å². The van der Waals surface area contributed by atoms with E-state index in [0.29, 0.717) is 12.4 Å². The van der Waals surface area contributed by atoms with Crippen molar-refractivity contribution >= 4 is 0 Å². The van der Waals surface area contributed by atoms with Crippen LogP contribution in [0.2, 0.25) is 0 Å². The lowest BCUT2D eigenvalue weighted by molar-refractivity contribution is 0.346. The minimum absolute atomic E-state index is 0.462. The fourth-order valence-electron chi connectivity index (χ4n) is 0.735. The number of nitrogens with zero attached hydrogens (tertiary/aromatic N) is 1. The zero-order valence-electron chi connectivity index (χ0n) is 7.59. The van der Waals surface area contributed by atoms with Crippen LogP contribution >= 0.6 is 0 Å². The number of ether oxygens (including phenoxy) is 1. The van der Waals surface area contributed by atoms with Crippen molar-refractivity contribution in [1.82, 2.24) is 4.98 Å². The number of hydrogen-bond donors (Lipinski definition) is 0. The van der Waals surface area contributed by atoms with E-state index in [-0.39, 0.29) is 0 Å². The predicted octanol–water partition coefficient (Wildman–Crippen LogP) is 2.57. The molecule has 1 rings (SSSR count). The largest absolute Gasteiger partial charge is 0.488 e. The van der Waals surface area contributed by atoms with Gasteiger partial charge in [-0.25, -0.2) is 4.98 Å². The molecule has 1 heterocycles. The third kappa shape index (κ3) is 3.23. The maximum Gasteiger partial charge on any atom is 0.213 e. The van der Waals surface area contributed by atoms with Gasteiger partial charge in [0, 0.05) is 0 Å². The Kier molecular flexibility index (Phi) is 3.43. The van der Waals surface area contributed by atoms with E-state index in [2.05, 4.69) is 11.6 Å². The molecule has 13 heavy (non-hydrogen) atoms. The first kappa shape index (κ1) is 9.71. The van der Waals surface area contributed by atoms with E-state index < -0.39 is 5.95 Å². The lowest BCUT2D eigenvalue weighted by atomic mass is 10.2. The fourth-order valence-corrected chi connectivity index (χ4v) is 0.735. The molecular formula is C10H12FNO. The molecule has 0 bridgehead atoms. The van der Waals surface area contributed by atoms with Gasteiger partial charge in [0.05, 0.1) is 6.20 Å². The van der Waals surface area contributed by atoms with Crippen LogP contribution in [0.3, 0.4) is 0 Å². The quantitative estimate of drug-likeness (QED) is 0.526. The van der Waals surface area contributed by atoms with E-state index >= 15 is 0 Å². The van der Waals surface area contributed by atoms with Gasteiger partial charge >= 0.3 is 0 Å². The molecule has 0 unspecified atom stereocenters. The smallest absolute Gasteiger partial charge is 0.213 e. The molecule has 0 aliphatic carbocycles. The first-order valence-electron chi connectivity index (χ1n) is 4.13. The van der Waals surface area contributed by atoms with E-state index in [1.165, 1.54) is 12.3 Å². The molecule has 0 aromatic carbocycles. The van der Waals surface area contributed by atoms with Crippen molar-refractivity contribution in [3.05, 3.63) is 36.4 Å². The SMILES string of the molecule is C=C(CC)COc1ccc(F)nc1. The normalized spacial score (nSPS) is 9.69. The van der Waals surface area contributed by atoms with Crippen LogP contribution in [0.25, 0.3) is 0 Å². The molecule has 0 spiro atoms. The van der Waals surface area contributed by atoms with Crippen molar-refractivity contribution in [1.29, 1.82) is 0 Å². The Labute approximate surface area is 77.1 Å². The van der Waals surface area contributed by atoms with Crippen LogP contribution in [0.5, 0.6) is 5.75 Å². The minimum atomic E-state index is -0.498. The molecule has 0 aliphatic heterocycles. The Hall–Kier alpha value is -1.38. The second-order valence-electron chi connectivity index (χ2n) is 2.71. The Bertz CT molecular complexity index is 281. The molecule has 0 aliphatic rings. The van der Waals surface area contributed by atoms with E-state index in [1.54, 1.807) is 6.07 Å². The molecular weight excluding hydrogens is 169 g/mol. The summed E-state index contributed by atoms with van der Waals surface area (Å²) in [5, 5.41) is 0. The summed E-state index contributed by atoms with van der Waals surface area (Å²) in [5.41, 5.74) is 1.00. The molecule has 2 nitrogen and oxygen atoms in total. The van der Waals surface area contributed by atoms with E-state index in [1.807, 2.05) is 6.92 Å². The Morgan fingerprint density at radius 1 is 1.62 bits per heavy atom. The van der Waals surface area contributed by atoms with Gasteiger partial charge in [0.2, 0.25) is 5.95 Å². The lowest BCUT2D eigenvalue weighted by Crippen LogP contribution is -1.99. The van der Waals surface area contributed by atoms with Crippen LogP contribution in [0.4, 0.5) is 4.39 Å². The van der Waals surface area contributed by atoms with Gasteiger partial charge in [0.1, 0.15) is 12.4 Å². The molecule has 3 heteroatoms. The highest BCUT2D eigenvalue weighted by molar-refractivity contribution is 5.17. The maximum absolute atomic E-state index is 12.4. The standard InChI is InChI=1S/C10H12FNO/c1-3-8(2)7-13-9-4-5-10(11)12-6-9/h4-6H,2-3,7H2,1H3. The maximum atomic E-state index is 12.4. The second kappa shape index (κ2) is 4.60. The number of rotatable bonds is 4. The van der Waals surface area contributed by atoms with Crippen LogP contribution in [0, 0.1) is 5.95 Å². The molecule has 0 fully saturated rings. The summed E-state index contributed by atoms with van der Waals surface area (Å²) in [7, 11) is 0. The third-order valence-electron chi connectivity index (χ3n) is 1.64. The summed E-state index contributed by atoms with van der Waals surface area (Å²) < 4.78 is 17.7. The van der Waals surface area contributed by atoms with Crippen LogP contribution in [-0.4, -0.2) is 11.6 Å². The van der Waals surface area contributed by atoms with E-state index in [9.17, 15) is 4.39 Å². The highest BCUT2D eigenvalue weighted by Crippen LogP contribution is 2.09. The first-order chi connectivity index (χ1) is 6.22. The van der Waals surface area contributed by atoms with Gasteiger partial charge in [0.15, 0.2) is 0 Å². The van der Waals surface area contributed by atoms with Crippen molar-refractivity contribution in [2.45, 2.75) is 13.3 Å². The third-order valence-corrected chi connectivity index (χ3v) is 1.64. The van der Waals surface area contributed by atoms with Crippen LogP contribution in [0.1, 0.15) is 13.3 Å².